The Morgan fingerprint density at radius 2 is 2.00 bits per heavy atom. The van der Waals surface area contributed by atoms with Gasteiger partial charge >= 0.3 is 0 Å². The highest BCUT2D eigenvalue weighted by molar-refractivity contribution is 6.34. The second kappa shape index (κ2) is 5.80. The summed E-state index contributed by atoms with van der Waals surface area (Å²) in [6.45, 7) is 1.56. The molecule has 0 aromatic heterocycles. The van der Waals surface area contributed by atoms with E-state index < -0.39 is 0 Å². The van der Waals surface area contributed by atoms with Gasteiger partial charge in [0.15, 0.2) is 0 Å². The summed E-state index contributed by atoms with van der Waals surface area (Å²) in [5, 5.41) is 0.321. The first-order valence-corrected chi connectivity index (χ1v) is 6.27. The van der Waals surface area contributed by atoms with E-state index in [9.17, 15) is 9.59 Å². The van der Waals surface area contributed by atoms with E-state index in [4.69, 9.17) is 11.6 Å². The van der Waals surface area contributed by atoms with Gasteiger partial charge in [-0.1, -0.05) is 11.6 Å². The fourth-order valence-electron chi connectivity index (χ4n) is 2.07. The van der Waals surface area contributed by atoms with Gasteiger partial charge in [-0.05, 0) is 37.5 Å². The van der Waals surface area contributed by atoms with Crippen LogP contribution in [0.3, 0.4) is 0 Å². The zero-order valence-electron chi connectivity index (χ0n) is 9.86. The van der Waals surface area contributed by atoms with E-state index in [1.807, 2.05) is 4.90 Å². The molecule has 4 nitrogen and oxygen atoms in total. The third-order valence-corrected chi connectivity index (χ3v) is 3.31. The molecule has 1 aromatic rings. The van der Waals surface area contributed by atoms with E-state index >= 15 is 0 Å². The highest BCUT2D eigenvalue weighted by Crippen LogP contribution is 2.24. The molecule has 0 saturated carbocycles. The van der Waals surface area contributed by atoms with E-state index in [2.05, 4.69) is 4.99 Å². The van der Waals surface area contributed by atoms with Gasteiger partial charge in [-0.2, -0.15) is 4.99 Å². The SMILES string of the molecule is O=C=Nc1ccc(C(=O)N2CCCCC2)c(Cl)c1. The summed E-state index contributed by atoms with van der Waals surface area (Å²) in [6, 6.07) is 4.70. The van der Waals surface area contributed by atoms with Crippen LogP contribution in [0.25, 0.3) is 0 Å². The van der Waals surface area contributed by atoms with Gasteiger partial charge in [-0.25, -0.2) is 4.79 Å². The third kappa shape index (κ3) is 2.78. The van der Waals surface area contributed by atoms with Crippen molar-refractivity contribution in [3.63, 3.8) is 0 Å². The molecule has 2 rings (SSSR count). The van der Waals surface area contributed by atoms with Gasteiger partial charge in [-0.3, -0.25) is 4.79 Å². The van der Waals surface area contributed by atoms with Crippen LogP contribution >= 0.6 is 11.6 Å². The smallest absolute Gasteiger partial charge is 0.255 e. The summed E-state index contributed by atoms with van der Waals surface area (Å²) in [5.74, 6) is -0.0543. The third-order valence-electron chi connectivity index (χ3n) is 3.00. The number of rotatable bonds is 2. The predicted molar refractivity (Wildman–Crippen MR) is 69.0 cm³/mol. The van der Waals surface area contributed by atoms with Crippen LogP contribution in [0.2, 0.25) is 5.02 Å². The van der Waals surface area contributed by atoms with E-state index in [-0.39, 0.29) is 5.91 Å². The largest absolute Gasteiger partial charge is 0.339 e. The summed E-state index contributed by atoms with van der Waals surface area (Å²) in [6.07, 6.45) is 4.69. The molecule has 1 fully saturated rings. The molecule has 1 amide bonds. The highest BCUT2D eigenvalue weighted by atomic mass is 35.5. The summed E-state index contributed by atoms with van der Waals surface area (Å²) in [5.41, 5.74) is 0.869. The maximum absolute atomic E-state index is 12.2. The lowest BCUT2D eigenvalue weighted by molar-refractivity contribution is 0.0724. The molecule has 0 spiro atoms. The van der Waals surface area contributed by atoms with Gasteiger partial charge in [0.25, 0.3) is 5.91 Å². The van der Waals surface area contributed by atoms with Crippen LogP contribution in [0.5, 0.6) is 0 Å². The molecular formula is C13H13ClN2O2. The fraction of sp³-hybridized carbons (Fsp3) is 0.385. The van der Waals surface area contributed by atoms with E-state index in [0.717, 1.165) is 25.9 Å². The number of amides is 1. The molecule has 1 aliphatic heterocycles. The second-order valence-electron chi connectivity index (χ2n) is 4.22. The summed E-state index contributed by atoms with van der Waals surface area (Å²) >= 11 is 6.04. The Morgan fingerprint density at radius 3 is 2.61 bits per heavy atom. The summed E-state index contributed by atoms with van der Waals surface area (Å²) < 4.78 is 0. The molecule has 0 bridgehead atoms. The Morgan fingerprint density at radius 1 is 1.28 bits per heavy atom. The molecule has 0 atom stereocenters. The van der Waals surface area contributed by atoms with E-state index in [1.165, 1.54) is 18.6 Å². The Bertz CT molecular complexity index is 504. The first-order chi connectivity index (χ1) is 8.72. The minimum Gasteiger partial charge on any atom is -0.339 e. The lowest BCUT2D eigenvalue weighted by atomic mass is 10.1. The van der Waals surface area contributed by atoms with Crippen LogP contribution in [0.1, 0.15) is 29.6 Å². The number of benzene rings is 1. The highest BCUT2D eigenvalue weighted by Gasteiger charge is 2.20. The first kappa shape index (κ1) is 12.8. The molecule has 0 radical (unpaired) electrons. The van der Waals surface area contributed by atoms with Crippen molar-refractivity contribution in [2.24, 2.45) is 4.99 Å². The van der Waals surface area contributed by atoms with Crippen molar-refractivity contribution in [1.82, 2.24) is 4.90 Å². The molecule has 94 valence electrons. The summed E-state index contributed by atoms with van der Waals surface area (Å²) in [4.78, 5) is 27.6. The minimum atomic E-state index is -0.0543. The van der Waals surface area contributed by atoms with Crippen molar-refractivity contribution in [3.8, 4) is 0 Å². The van der Waals surface area contributed by atoms with Gasteiger partial charge in [0.05, 0.1) is 16.3 Å². The van der Waals surface area contributed by atoms with Crippen LogP contribution in [-0.2, 0) is 4.79 Å². The lowest BCUT2D eigenvalue weighted by Gasteiger charge is -2.27. The Balaban J connectivity index is 2.22. The van der Waals surface area contributed by atoms with Crippen molar-refractivity contribution in [2.45, 2.75) is 19.3 Å². The molecule has 18 heavy (non-hydrogen) atoms. The van der Waals surface area contributed by atoms with Gasteiger partial charge in [0.2, 0.25) is 6.08 Å². The Kier molecular flexibility index (Phi) is 4.13. The number of isocyanates is 1. The fourth-order valence-corrected chi connectivity index (χ4v) is 2.32. The quantitative estimate of drug-likeness (QED) is 0.609. The first-order valence-electron chi connectivity index (χ1n) is 5.89. The molecule has 0 N–H and O–H groups in total. The maximum Gasteiger partial charge on any atom is 0.255 e. The topological polar surface area (TPSA) is 49.7 Å². The second-order valence-corrected chi connectivity index (χ2v) is 4.63. The number of piperidine rings is 1. The molecule has 0 unspecified atom stereocenters. The van der Waals surface area contributed by atoms with Crippen LogP contribution in [0, 0.1) is 0 Å². The van der Waals surface area contributed by atoms with Gasteiger partial charge in [0, 0.05) is 13.1 Å². The lowest BCUT2D eigenvalue weighted by Crippen LogP contribution is -2.35. The molecule has 1 aromatic carbocycles. The maximum atomic E-state index is 12.2. The number of hydrogen-bond donors (Lipinski definition) is 0. The normalized spacial score (nSPS) is 15.1. The van der Waals surface area contributed by atoms with E-state index in [1.54, 1.807) is 12.1 Å². The van der Waals surface area contributed by atoms with Gasteiger partial charge in [-0.15, -0.1) is 0 Å². The molecule has 1 heterocycles. The number of carbonyl (C=O) groups is 1. The van der Waals surface area contributed by atoms with Crippen LogP contribution in [0.4, 0.5) is 5.69 Å². The van der Waals surface area contributed by atoms with Gasteiger partial charge < -0.3 is 4.90 Å². The zero-order chi connectivity index (χ0) is 13.0. The average molecular weight is 265 g/mol. The molecule has 5 heteroatoms. The van der Waals surface area contributed by atoms with Crippen LogP contribution in [-0.4, -0.2) is 30.0 Å². The number of nitrogens with zero attached hydrogens (tertiary/aromatic N) is 2. The molecule has 1 aliphatic rings. The molecule has 1 saturated heterocycles. The molecule has 0 aliphatic carbocycles. The van der Waals surface area contributed by atoms with Gasteiger partial charge in [0.1, 0.15) is 0 Å². The number of halogens is 1. The number of aliphatic imine (C=N–C) groups is 1. The summed E-state index contributed by atoms with van der Waals surface area (Å²) in [7, 11) is 0. The Hall–Kier alpha value is -1.64. The van der Waals surface area contributed by atoms with E-state index in [0.29, 0.717) is 16.3 Å². The van der Waals surface area contributed by atoms with Crippen molar-refractivity contribution in [2.75, 3.05) is 13.1 Å². The van der Waals surface area contributed by atoms with Crippen molar-refractivity contribution >= 4 is 29.3 Å². The average Bonchev–Trinajstić information content (AvgIpc) is 2.40. The van der Waals surface area contributed by atoms with Crippen LogP contribution < -0.4 is 0 Å². The van der Waals surface area contributed by atoms with Crippen molar-refractivity contribution in [1.29, 1.82) is 0 Å². The monoisotopic (exact) mass is 264 g/mol. The zero-order valence-corrected chi connectivity index (χ0v) is 10.6. The number of carbonyl (C=O) groups excluding carboxylic acids is 2. The van der Waals surface area contributed by atoms with Crippen molar-refractivity contribution in [3.05, 3.63) is 28.8 Å². The van der Waals surface area contributed by atoms with Crippen LogP contribution in [0.15, 0.2) is 23.2 Å². The number of hydrogen-bond acceptors (Lipinski definition) is 3. The Labute approximate surface area is 110 Å². The molecular weight excluding hydrogens is 252 g/mol. The standard InChI is InChI=1S/C13H13ClN2O2/c14-12-8-10(15-9-17)4-5-11(12)13(18)16-6-2-1-3-7-16/h4-5,8H,1-3,6-7H2. The minimum absolute atomic E-state index is 0.0543. The number of likely N-dealkylation sites (tertiary alicyclic amines) is 1. The van der Waals surface area contributed by atoms with Crippen molar-refractivity contribution < 1.29 is 9.59 Å². The predicted octanol–water partition coefficient (Wildman–Crippen LogP) is 2.93.